The van der Waals surface area contributed by atoms with E-state index in [0.717, 1.165) is 0 Å². The SMILES string of the molecule is O=C1O[C@H]2[C@@H]3OC(=O)c4cc(O)c(O)c(O)c4-c4c(cc(O)c(O)c4O)C(=O)OC[C@H]2O[C@H](OC(=O)c2cc(O)c(O)c(O)c2)[C@@H]3OC(=O)c2cc(O)c(O)c3c2C2C1=CC(=O)C(O)(O)C2(O)O3. The number of carbonyl (C=O) groups excluding carboxylic acids is 6. The molecule has 0 radical (unpaired) electrons. The Labute approximate surface area is 373 Å². The molecule has 1 saturated heterocycles. The Balaban J connectivity index is 1.29. The smallest absolute Gasteiger partial charge is 0.340 e. The molecule has 4 aromatic rings. The molecule has 27 heteroatoms. The van der Waals surface area contributed by atoms with Crippen molar-refractivity contribution in [2.45, 2.75) is 48.2 Å². The lowest BCUT2D eigenvalue weighted by molar-refractivity contribution is -0.323. The lowest BCUT2D eigenvalue weighted by Crippen LogP contribution is -2.66. The van der Waals surface area contributed by atoms with Crippen LogP contribution >= 0.6 is 0 Å². The number of ketones is 1. The third-order valence-electron chi connectivity index (χ3n) is 11.5. The van der Waals surface area contributed by atoms with Gasteiger partial charge >= 0.3 is 29.8 Å². The second kappa shape index (κ2) is 14.8. The largest absolute Gasteiger partial charge is 0.504 e. The van der Waals surface area contributed by atoms with Crippen LogP contribution in [0.3, 0.4) is 0 Å². The Morgan fingerprint density at radius 3 is 1.68 bits per heavy atom. The molecule has 1 aliphatic carbocycles. The summed E-state index contributed by atoms with van der Waals surface area (Å²) < 4.78 is 39.1. The number of esters is 5. The van der Waals surface area contributed by atoms with Crippen LogP contribution in [0.5, 0.6) is 69.0 Å². The number of hydrogen-bond acceptors (Lipinski definition) is 27. The van der Waals surface area contributed by atoms with E-state index in [1.165, 1.54) is 0 Å². The minimum absolute atomic E-state index is 0.207. The molecule has 0 aromatic heterocycles. The number of phenolic OH excluding ortho intramolecular Hbond substituents is 11. The molecule has 4 heterocycles. The summed E-state index contributed by atoms with van der Waals surface area (Å²) in [7, 11) is 0. The van der Waals surface area contributed by atoms with Gasteiger partial charge in [0.2, 0.25) is 35.4 Å². The van der Waals surface area contributed by atoms with Gasteiger partial charge in [0.05, 0.1) is 33.7 Å². The van der Waals surface area contributed by atoms with E-state index in [0.29, 0.717) is 30.3 Å². The maximum Gasteiger partial charge on any atom is 0.340 e. The van der Waals surface area contributed by atoms with Crippen molar-refractivity contribution in [3.63, 3.8) is 0 Å². The van der Waals surface area contributed by atoms with Crippen molar-refractivity contribution >= 4 is 35.6 Å². The van der Waals surface area contributed by atoms with E-state index >= 15 is 0 Å². The standard InChI is InChI=1S/C41H28O27/c42-13-1-8(2-14(43)24(13)48)34(54)67-39-33-32-30(64-38(58)12-6-19(47)40(59,60)41(61)23(12)22-11(37(57)66-33)5-17(46)27(51)31(22)68-41)18(63-39)7-62-35(55)9-3-15(44)25(49)28(52)20(9)21-10(36(56)65-32)4-16(45)26(50)29(21)53/h1-6,18,23,30,32-33,39,42-46,48-53,59-61H,7H2/t18-,23?,30-,32+,33-,39-,41?/m1/s1. The van der Waals surface area contributed by atoms with E-state index in [9.17, 15) is 100 Å². The molecule has 0 saturated carbocycles. The summed E-state index contributed by atoms with van der Waals surface area (Å²) in [6.45, 7) is -1.31. The number of cyclic esters (lactones) is 1. The van der Waals surface area contributed by atoms with E-state index in [1.54, 1.807) is 0 Å². The highest BCUT2D eigenvalue weighted by atomic mass is 16.8. The number of aliphatic hydroxyl groups is 3. The first kappa shape index (κ1) is 44.3. The van der Waals surface area contributed by atoms with E-state index in [1.807, 2.05) is 0 Å². The van der Waals surface area contributed by atoms with Crippen molar-refractivity contribution in [3.05, 3.63) is 69.8 Å². The van der Waals surface area contributed by atoms with Crippen LogP contribution in [0.15, 0.2) is 42.0 Å². The van der Waals surface area contributed by atoms with Crippen molar-refractivity contribution in [3.8, 4) is 80.1 Å². The maximum atomic E-state index is 14.6. The molecule has 14 N–H and O–H groups in total. The highest BCUT2D eigenvalue weighted by Crippen LogP contribution is 2.60. The van der Waals surface area contributed by atoms with Gasteiger partial charge < -0.3 is 105 Å². The number of ether oxygens (including phenoxy) is 7. The summed E-state index contributed by atoms with van der Waals surface area (Å²) in [5.41, 5.74) is -8.25. The summed E-state index contributed by atoms with van der Waals surface area (Å²) in [6, 6.07) is 2.36. The first-order valence-electron chi connectivity index (χ1n) is 19.1. The molecule has 7 atom stereocenters. The van der Waals surface area contributed by atoms with Crippen LogP contribution in [-0.2, 0) is 38.0 Å². The van der Waals surface area contributed by atoms with Gasteiger partial charge in [-0.25, -0.2) is 24.0 Å². The molecule has 0 amide bonds. The second-order valence-corrected chi connectivity index (χ2v) is 15.5. The van der Waals surface area contributed by atoms with Gasteiger partial charge in [0, 0.05) is 16.7 Å². The maximum absolute atomic E-state index is 14.6. The van der Waals surface area contributed by atoms with Crippen molar-refractivity contribution in [1.82, 2.24) is 0 Å². The summed E-state index contributed by atoms with van der Waals surface area (Å²) in [5.74, 6) is -36.2. The van der Waals surface area contributed by atoms with Gasteiger partial charge in [-0.3, -0.25) is 4.79 Å². The Morgan fingerprint density at radius 1 is 0.574 bits per heavy atom. The molecule has 354 valence electrons. The molecular formula is C41H28O27. The highest BCUT2D eigenvalue weighted by molar-refractivity contribution is 6.09. The predicted molar refractivity (Wildman–Crippen MR) is 204 cm³/mol. The number of fused-ring (bicyclic) bond motifs is 3. The fourth-order valence-electron chi connectivity index (χ4n) is 8.26. The lowest BCUT2D eigenvalue weighted by Gasteiger charge is -2.44. The Hall–Kier alpha value is -8.92. The molecule has 0 spiro atoms. The summed E-state index contributed by atoms with van der Waals surface area (Å²) in [4.78, 5) is 84.6. The van der Waals surface area contributed by atoms with Gasteiger partial charge in [0.25, 0.3) is 11.6 Å². The highest BCUT2D eigenvalue weighted by Gasteiger charge is 2.70. The molecule has 4 aromatic carbocycles. The quantitative estimate of drug-likeness (QED) is 0.0491. The second-order valence-electron chi connectivity index (χ2n) is 15.5. The zero-order valence-corrected chi connectivity index (χ0v) is 33.2. The fourth-order valence-corrected chi connectivity index (χ4v) is 8.26. The number of phenols is 11. The average molecular weight is 953 g/mol. The monoisotopic (exact) mass is 952 g/mol. The van der Waals surface area contributed by atoms with Crippen LogP contribution < -0.4 is 4.74 Å². The topological polar surface area (TPSA) is 450 Å². The van der Waals surface area contributed by atoms with Gasteiger partial charge in [-0.05, 0) is 36.4 Å². The van der Waals surface area contributed by atoms with Crippen molar-refractivity contribution < 1.29 is 133 Å². The van der Waals surface area contributed by atoms with Crippen molar-refractivity contribution in [2.24, 2.45) is 0 Å². The minimum atomic E-state index is -4.02. The average Bonchev–Trinajstić information content (AvgIpc) is 3.61. The molecule has 68 heavy (non-hydrogen) atoms. The Kier molecular flexibility index (Phi) is 9.64. The Bertz CT molecular complexity index is 3020. The molecule has 9 rings (SSSR count). The third kappa shape index (κ3) is 6.21. The molecule has 2 unspecified atom stereocenters. The van der Waals surface area contributed by atoms with E-state index in [-0.39, 0.29) is 6.08 Å². The normalized spacial score (nSPS) is 25.7. The van der Waals surface area contributed by atoms with Crippen LogP contribution in [0, 0.1) is 0 Å². The number of rotatable bonds is 2. The zero-order chi connectivity index (χ0) is 49.4. The number of carbonyl (C=O) groups is 6. The zero-order valence-electron chi connectivity index (χ0n) is 33.2. The number of hydrogen-bond donors (Lipinski definition) is 14. The minimum Gasteiger partial charge on any atom is -0.504 e. The van der Waals surface area contributed by atoms with Gasteiger partial charge in [0.1, 0.15) is 12.7 Å². The number of benzene rings is 4. The van der Waals surface area contributed by atoms with Gasteiger partial charge in [-0.15, -0.1) is 0 Å². The van der Waals surface area contributed by atoms with Crippen LogP contribution in [0.4, 0.5) is 0 Å². The van der Waals surface area contributed by atoms with Gasteiger partial charge in [-0.1, -0.05) is 0 Å². The van der Waals surface area contributed by atoms with Crippen LogP contribution in [0.25, 0.3) is 11.1 Å². The molecular weight excluding hydrogens is 924 g/mol. The summed E-state index contributed by atoms with van der Waals surface area (Å²) >= 11 is 0. The van der Waals surface area contributed by atoms with Crippen molar-refractivity contribution in [2.75, 3.05) is 6.61 Å². The summed E-state index contributed by atoms with van der Waals surface area (Å²) in [5, 5.41) is 150. The molecule has 4 bridgehead atoms. The first-order chi connectivity index (χ1) is 31.9. The van der Waals surface area contributed by atoms with Crippen LogP contribution in [-0.4, -0.2) is 156 Å². The lowest BCUT2D eigenvalue weighted by atomic mass is 9.74. The van der Waals surface area contributed by atoms with E-state index < -0.39 is 204 Å². The predicted octanol–water partition coefficient (Wildman–Crippen LogP) is -1.10. The number of aromatic hydroxyl groups is 11. The Morgan fingerprint density at radius 2 is 1.07 bits per heavy atom. The molecule has 27 nitrogen and oxygen atoms in total. The van der Waals surface area contributed by atoms with Crippen LogP contribution in [0.1, 0.15) is 52.9 Å². The van der Waals surface area contributed by atoms with Gasteiger partial charge in [-0.2, -0.15) is 0 Å². The first-order valence-corrected chi connectivity index (χ1v) is 19.1. The molecule has 5 aliphatic rings. The molecule has 1 fully saturated rings. The van der Waals surface area contributed by atoms with Crippen molar-refractivity contribution in [1.29, 1.82) is 0 Å². The molecule has 4 aliphatic heterocycles. The summed E-state index contributed by atoms with van der Waals surface area (Å²) in [6.07, 6.45) is -12.1. The van der Waals surface area contributed by atoms with Gasteiger partial charge in [0.15, 0.2) is 64.0 Å². The van der Waals surface area contributed by atoms with Crippen LogP contribution in [0.2, 0.25) is 0 Å². The fraction of sp³-hybridized carbons (Fsp3) is 0.220. The van der Waals surface area contributed by atoms with E-state index in [2.05, 4.69) is 0 Å². The van der Waals surface area contributed by atoms with E-state index in [4.69, 9.17) is 33.2 Å². The third-order valence-corrected chi connectivity index (χ3v) is 11.5.